The van der Waals surface area contributed by atoms with Crippen LogP contribution in [-0.4, -0.2) is 36.7 Å². The van der Waals surface area contributed by atoms with Gasteiger partial charge >= 0.3 is 8.80 Å². The molecule has 0 heterocycles. The normalized spacial score (nSPS) is 11.5. The molecule has 0 aromatic heterocycles. The minimum absolute atomic E-state index is 0.592. The van der Waals surface area contributed by atoms with E-state index in [0.717, 1.165) is 23.9 Å². The maximum Gasteiger partial charge on any atom is 0.500 e. The first-order chi connectivity index (χ1) is 8.65. The summed E-state index contributed by atoms with van der Waals surface area (Å²) in [6.45, 7) is 0.592. The number of nitrogen functional groups attached to an aromatic ring is 1. The van der Waals surface area contributed by atoms with Gasteiger partial charge in [-0.2, -0.15) is 0 Å². The molecule has 0 aliphatic carbocycles. The fourth-order valence-electron chi connectivity index (χ4n) is 1.60. The maximum absolute atomic E-state index is 5.59. The molecule has 1 rings (SSSR count). The fourth-order valence-corrected chi connectivity index (χ4v) is 3.29. The Hall–Kier alpha value is -1.08. The lowest BCUT2D eigenvalue weighted by Gasteiger charge is -2.24. The van der Waals surface area contributed by atoms with Crippen LogP contribution >= 0.6 is 0 Å². The van der Waals surface area contributed by atoms with E-state index in [1.165, 1.54) is 0 Å². The Bertz CT molecular complexity index is 332. The topological polar surface area (TPSA) is 62.9 Å². The smallest absolute Gasteiger partial charge is 0.494 e. The van der Waals surface area contributed by atoms with E-state index >= 15 is 0 Å². The summed E-state index contributed by atoms with van der Waals surface area (Å²) in [5.41, 5.74) is 6.32. The van der Waals surface area contributed by atoms with Crippen molar-refractivity contribution in [2.45, 2.75) is 12.5 Å². The third-order valence-electron chi connectivity index (χ3n) is 2.71. The van der Waals surface area contributed by atoms with E-state index < -0.39 is 8.80 Å². The van der Waals surface area contributed by atoms with Crippen molar-refractivity contribution in [3.05, 3.63) is 24.3 Å². The Morgan fingerprint density at radius 1 is 1.00 bits per heavy atom. The van der Waals surface area contributed by atoms with Crippen LogP contribution < -0.4 is 10.5 Å². The van der Waals surface area contributed by atoms with Gasteiger partial charge in [-0.1, -0.05) is 0 Å². The molecule has 6 heteroatoms. The molecule has 0 aliphatic rings. The third kappa shape index (κ3) is 4.30. The van der Waals surface area contributed by atoms with Gasteiger partial charge in [-0.15, -0.1) is 0 Å². The first kappa shape index (κ1) is 15.0. The van der Waals surface area contributed by atoms with Crippen LogP contribution in [0, 0.1) is 0 Å². The zero-order valence-corrected chi connectivity index (χ0v) is 12.1. The van der Waals surface area contributed by atoms with Gasteiger partial charge < -0.3 is 23.7 Å². The monoisotopic (exact) mass is 271 g/mol. The molecular formula is C12H21NO4Si. The molecule has 1 aromatic carbocycles. The molecule has 0 saturated carbocycles. The predicted octanol–water partition coefficient (Wildman–Crippen LogP) is 1.92. The molecule has 0 spiro atoms. The zero-order chi connectivity index (χ0) is 13.4. The summed E-state index contributed by atoms with van der Waals surface area (Å²) in [6, 6.07) is 8.05. The molecule has 0 radical (unpaired) electrons. The minimum Gasteiger partial charge on any atom is -0.494 e. The number of nitrogens with two attached hydrogens (primary N) is 1. The first-order valence-corrected chi connectivity index (χ1v) is 7.73. The second-order valence-corrected chi connectivity index (χ2v) is 6.91. The quantitative estimate of drug-likeness (QED) is 0.444. The molecule has 102 valence electrons. The highest BCUT2D eigenvalue weighted by molar-refractivity contribution is 6.60. The van der Waals surface area contributed by atoms with E-state index in [2.05, 4.69) is 0 Å². The highest BCUT2D eigenvalue weighted by Gasteiger charge is 2.36. The van der Waals surface area contributed by atoms with E-state index in [4.69, 9.17) is 23.7 Å². The number of anilines is 1. The van der Waals surface area contributed by atoms with Gasteiger partial charge in [-0.25, -0.2) is 0 Å². The van der Waals surface area contributed by atoms with Gasteiger partial charge in [0.1, 0.15) is 5.75 Å². The highest BCUT2D eigenvalue weighted by Crippen LogP contribution is 2.17. The fraction of sp³-hybridized carbons (Fsp3) is 0.500. The standard InChI is InChI=1S/C12H21NO4Si/c1-14-18(15-2,16-3)10-4-9-17-12-7-5-11(13)6-8-12/h5-8H,4,9-10,13H2,1-3H3. The van der Waals surface area contributed by atoms with E-state index in [-0.39, 0.29) is 0 Å². The number of ether oxygens (including phenoxy) is 1. The summed E-state index contributed by atoms with van der Waals surface area (Å²) in [6.07, 6.45) is 0.812. The van der Waals surface area contributed by atoms with E-state index in [0.29, 0.717) is 6.61 Å². The van der Waals surface area contributed by atoms with Gasteiger partial charge in [-0.05, 0) is 30.7 Å². The molecule has 0 amide bonds. The van der Waals surface area contributed by atoms with Crippen molar-refractivity contribution in [1.29, 1.82) is 0 Å². The lowest BCUT2D eigenvalue weighted by atomic mass is 10.3. The molecule has 0 atom stereocenters. The molecule has 0 fully saturated rings. The van der Waals surface area contributed by atoms with Gasteiger partial charge in [0.15, 0.2) is 0 Å². The molecular weight excluding hydrogens is 250 g/mol. The SMILES string of the molecule is CO[Si](CCCOc1ccc(N)cc1)(OC)OC. The Balaban J connectivity index is 2.31. The zero-order valence-electron chi connectivity index (χ0n) is 11.1. The molecule has 0 bridgehead atoms. The molecule has 18 heavy (non-hydrogen) atoms. The molecule has 1 aromatic rings. The number of hydrogen-bond acceptors (Lipinski definition) is 5. The summed E-state index contributed by atoms with van der Waals surface area (Å²) in [4.78, 5) is 0. The van der Waals surface area contributed by atoms with Crippen molar-refractivity contribution in [3.8, 4) is 5.75 Å². The average Bonchev–Trinajstić information content (AvgIpc) is 2.42. The van der Waals surface area contributed by atoms with Crippen LogP contribution in [0.1, 0.15) is 6.42 Å². The Morgan fingerprint density at radius 3 is 2.06 bits per heavy atom. The van der Waals surface area contributed by atoms with Crippen molar-refractivity contribution in [3.63, 3.8) is 0 Å². The van der Waals surface area contributed by atoms with E-state index in [1.807, 2.05) is 24.3 Å². The number of hydrogen-bond donors (Lipinski definition) is 1. The first-order valence-electron chi connectivity index (χ1n) is 5.79. The summed E-state index contributed by atoms with van der Waals surface area (Å²) in [7, 11) is 2.37. The summed E-state index contributed by atoms with van der Waals surface area (Å²) < 4.78 is 21.6. The highest BCUT2D eigenvalue weighted by atomic mass is 28.4. The second-order valence-electron chi connectivity index (χ2n) is 3.82. The maximum atomic E-state index is 5.59. The van der Waals surface area contributed by atoms with Crippen molar-refractivity contribution >= 4 is 14.5 Å². The van der Waals surface area contributed by atoms with Crippen LogP contribution in [0.2, 0.25) is 6.04 Å². The Morgan fingerprint density at radius 2 is 1.56 bits per heavy atom. The van der Waals surface area contributed by atoms with Gasteiger partial charge in [-0.3, -0.25) is 0 Å². The van der Waals surface area contributed by atoms with Crippen molar-refractivity contribution in [1.82, 2.24) is 0 Å². The number of rotatable bonds is 8. The van der Waals surface area contributed by atoms with Gasteiger partial charge in [0, 0.05) is 33.1 Å². The second kappa shape index (κ2) is 7.37. The van der Waals surface area contributed by atoms with Crippen molar-refractivity contribution < 1.29 is 18.0 Å². The van der Waals surface area contributed by atoms with Crippen molar-refractivity contribution in [2.75, 3.05) is 33.7 Å². The lowest BCUT2D eigenvalue weighted by molar-refractivity contribution is 0.121. The van der Waals surface area contributed by atoms with Gasteiger partial charge in [0.25, 0.3) is 0 Å². The third-order valence-corrected chi connectivity index (χ3v) is 5.54. The van der Waals surface area contributed by atoms with Crippen LogP contribution in [-0.2, 0) is 13.3 Å². The molecule has 0 unspecified atom stereocenters. The van der Waals surface area contributed by atoms with Crippen LogP contribution in [0.15, 0.2) is 24.3 Å². The summed E-state index contributed by atoms with van der Waals surface area (Å²) in [5.74, 6) is 0.809. The summed E-state index contributed by atoms with van der Waals surface area (Å²) in [5, 5.41) is 0. The van der Waals surface area contributed by atoms with Gasteiger partial charge in [0.2, 0.25) is 0 Å². The van der Waals surface area contributed by atoms with Crippen LogP contribution in [0.25, 0.3) is 0 Å². The largest absolute Gasteiger partial charge is 0.500 e. The van der Waals surface area contributed by atoms with Crippen LogP contribution in [0.3, 0.4) is 0 Å². The molecule has 5 nitrogen and oxygen atoms in total. The van der Waals surface area contributed by atoms with E-state index in [1.54, 1.807) is 21.3 Å². The summed E-state index contributed by atoms with van der Waals surface area (Å²) >= 11 is 0. The predicted molar refractivity (Wildman–Crippen MR) is 72.6 cm³/mol. The molecule has 2 N–H and O–H groups in total. The van der Waals surface area contributed by atoms with Crippen LogP contribution in [0.4, 0.5) is 5.69 Å². The lowest BCUT2D eigenvalue weighted by Crippen LogP contribution is -2.42. The molecule has 0 aliphatic heterocycles. The van der Waals surface area contributed by atoms with Gasteiger partial charge in [0.05, 0.1) is 6.61 Å². The van der Waals surface area contributed by atoms with E-state index in [9.17, 15) is 0 Å². The average molecular weight is 271 g/mol. The van der Waals surface area contributed by atoms with Crippen LogP contribution in [0.5, 0.6) is 5.75 Å². The van der Waals surface area contributed by atoms with Crippen molar-refractivity contribution in [2.24, 2.45) is 0 Å². The Labute approximate surface area is 109 Å². The molecule has 0 saturated heterocycles. The number of benzene rings is 1. The minimum atomic E-state index is -2.46. The Kier molecular flexibility index (Phi) is 6.13.